The molecule has 10 nitrogen and oxygen atoms in total. The number of sulfonamides is 1. The van der Waals surface area contributed by atoms with Crippen molar-refractivity contribution in [2.24, 2.45) is 0 Å². The molecule has 0 bridgehead atoms. The lowest BCUT2D eigenvalue weighted by Crippen LogP contribution is -2.22. The Morgan fingerprint density at radius 3 is 2.48 bits per heavy atom. The number of carbonyl (C=O) groups excluding carboxylic acids is 1. The lowest BCUT2D eigenvalue weighted by Gasteiger charge is -2.15. The van der Waals surface area contributed by atoms with E-state index in [1.165, 1.54) is 61.8 Å². The molecule has 0 aliphatic carbocycles. The van der Waals surface area contributed by atoms with Gasteiger partial charge in [-0.25, -0.2) is 17.7 Å². The number of amides is 1. The zero-order chi connectivity index (χ0) is 24.0. The van der Waals surface area contributed by atoms with Crippen molar-refractivity contribution in [1.29, 1.82) is 0 Å². The summed E-state index contributed by atoms with van der Waals surface area (Å²) in [5.41, 5.74) is 0.252. The molecule has 1 N–H and O–H groups in total. The number of pyridine rings is 1. The van der Waals surface area contributed by atoms with Crippen molar-refractivity contribution in [3.05, 3.63) is 53.5 Å². The van der Waals surface area contributed by atoms with Crippen LogP contribution in [0.5, 0.6) is 17.5 Å². The molecule has 2 aromatic heterocycles. The van der Waals surface area contributed by atoms with E-state index in [-0.39, 0.29) is 28.3 Å². The summed E-state index contributed by atoms with van der Waals surface area (Å²) < 4.78 is 42.3. The minimum absolute atomic E-state index is 0.102. The molecule has 33 heavy (non-hydrogen) atoms. The van der Waals surface area contributed by atoms with Gasteiger partial charge in [0.1, 0.15) is 11.9 Å². The molecule has 3 rings (SSSR count). The van der Waals surface area contributed by atoms with E-state index < -0.39 is 15.9 Å². The predicted molar refractivity (Wildman–Crippen MR) is 124 cm³/mol. The summed E-state index contributed by atoms with van der Waals surface area (Å²) in [7, 11) is 0.906. The Labute approximate surface area is 196 Å². The monoisotopic (exact) mass is 492 g/mol. The summed E-state index contributed by atoms with van der Waals surface area (Å²) in [6.07, 6.45) is 1.27. The lowest BCUT2D eigenvalue weighted by atomic mass is 10.2. The molecule has 12 heteroatoms. The number of hydrogen-bond donors (Lipinski definition) is 1. The van der Waals surface area contributed by atoms with Gasteiger partial charge < -0.3 is 14.2 Å². The topological polar surface area (TPSA) is 120 Å². The fourth-order valence-electron chi connectivity index (χ4n) is 2.67. The highest BCUT2D eigenvalue weighted by molar-refractivity contribution is 7.89. The summed E-state index contributed by atoms with van der Waals surface area (Å²) in [6, 6.07) is 8.84. The molecule has 176 valence electrons. The summed E-state index contributed by atoms with van der Waals surface area (Å²) in [6.45, 7) is 2.13. The van der Waals surface area contributed by atoms with Gasteiger partial charge in [0.2, 0.25) is 21.8 Å². The van der Waals surface area contributed by atoms with Crippen molar-refractivity contribution in [2.75, 3.05) is 33.1 Å². The third kappa shape index (κ3) is 6.48. The van der Waals surface area contributed by atoms with Gasteiger partial charge >= 0.3 is 0 Å². The van der Waals surface area contributed by atoms with Crippen LogP contribution in [0.4, 0.5) is 5.13 Å². The molecule has 0 unspecified atom stereocenters. The molecule has 0 saturated carbocycles. The zero-order valence-corrected chi connectivity index (χ0v) is 20.1. The molecular formula is C21H24N4O6S2. The second-order valence-corrected chi connectivity index (χ2v) is 10.1. The molecule has 0 radical (unpaired) electrons. The van der Waals surface area contributed by atoms with Gasteiger partial charge in [-0.15, -0.1) is 11.3 Å². The van der Waals surface area contributed by atoms with Crippen molar-refractivity contribution >= 4 is 32.4 Å². The van der Waals surface area contributed by atoms with Crippen LogP contribution in [0.2, 0.25) is 0 Å². The standard InChI is InChI=1S/C21H24N4O6S2/c1-14(13-29-4)30-18-11-15(20(26)24-21-22-9-10-32-21)12-19(23-18)31-16-5-7-17(8-6-16)33(27,28)25(2)3/h5-12,14H,13H2,1-4H3,(H,22,24,26)/t14-/m1/s1. The number of nitrogens with one attached hydrogen (secondary N) is 1. The van der Waals surface area contributed by atoms with Gasteiger partial charge in [0, 0.05) is 44.9 Å². The van der Waals surface area contributed by atoms with Gasteiger partial charge in [0.15, 0.2) is 5.13 Å². The zero-order valence-electron chi connectivity index (χ0n) is 18.5. The highest BCUT2D eigenvalue weighted by Gasteiger charge is 2.18. The number of benzene rings is 1. The number of hydrogen-bond acceptors (Lipinski definition) is 9. The highest BCUT2D eigenvalue weighted by Crippen LogP contribution is 2.26. The van der Waals surface area contributed by atoms with Gasteiger partial charge in [-0.1, -0.05) is 0 Å². The second kappa shape index (κ2) is 10.7. The van der Waals surface area contributed by atoms with E-state index in [1.807, 2.05) is 0 Å². The first-order valence-corrected chi connectivity index (χ1v) is 12.1. The van der Waals surface area contributed by atoms with Crippen LogP contribution in [-0.2, 0) is 14.8 Å². The number of ether oxygens (including phenoxy) is 3. The Hall–Kier alpha value is -3.06. The number of thiazole rings is 1. The number of carbonyl (C=O) groups is 1. The predicted octanol–water partition coefficient (Wildman–Crippen LogP) is 3.25. The summed E-state index contributed by atoms with van der Waals surface area (Å²) in [5.74, 6) is 0.209. The van der Waals surface area contributed by atoms with Crippen molar-refractivity contribution < 1.29 is 27.4 Å². The Balaban J connectivity index is 1.87. The van der Waals surface area contributed by atoms with Crippen molar-refractivity contribution in [3.8, 4) is 17.5 Å². The largest absolute Gasteiger partial charge is 0.472 e. The van der Waals surface area contributed by atoms with Gasteiger partial charge in [0.25, 0.3) is 5.91 Å². The van der Waals surface area contributed by atoms with Crippen LogP contribution >= 0.6 is 11.3 Å². The molecule has 0 aliphatic heterocycles. The van der Waals surface area contributed by atoms with Gasteiger partial charge in [-0.05, 0) is 31.2 Å². The first-order chi connectivity index (χ1) is 15.7. The van der Waals surface area contributed by atoms with Crippen LogP contribution in [0.25, 0.3) is 0 Å². The van der Waals surface area contributed by atoms with Crippen molar-refractivity contribution in [2.45, 2.75) is 17.9 Å². The molecule has 1 atom stereocenters. The fourth-order valence-corrected chi connectivity index (χ4v) is 4.09. The minimum atomic E-state index is -3.56. The van der Waals surface area contributed by atoms with Gasteiger partial charge in [0.05, 0.1) is 17.1 Å². The molecule has 0 fully saturated rings. The van der Waals surface area contributed by atoms with E-state index in [0.717, 1.165) is 4.31 Å². The molecular weight excluding hydrogens is 468 g/mol. The summed E-state index contributed by atoms with van der Waals surface area (Å²) in [5, 5.41) is 4.90. The smallest absolute Gasteiger partial charge is 0.257 e. The number of methoxy groups -OCH3 is 1. The SMILES string of the molecule is COC[C@@H](C)Oc1cc(C(=O)Nc2nccs2)cc(Oc2ccc(S(=O)(=O)N(C)C)cc2)n1. The van der Waals surface area contributed by atoms with Crippen LogP contribution in [-0.4, -0.2) is 62.5 Å². The van der Waals surface area contributed by atoms with E-state index >= 15 is 0 Å². The molecule has 1 aromatic carbocycles. The van der Waals surface area contributed by atoms with E-state index in [2.05, 4.69) is 15.3 Å². The summed E-state index contributed by atoms with van der Waals surface area (Å²) in [4.78, 5) is 21.2. The quantitative estimate of drug-likeness (QED) is 0.458. The van der Waals surface area contributed by atoms with E-state index in [9.17, 15) is 13.2 Å². The number of rotatable bonds is 10. The number of aromatic nitrogens is 2. The minimum Gasteiger partial charge on any atom is -0.472 e. The van der Waals surface area contributed by atoms with E-state index in [0.29, 0.717) is 17.5 Å². The maximum absolute atomic E-state index is 12.7. The molecule has 0 spiro atoms. The third-order valence-electron chi connectivity index (χ3n) is 4.24. The first-order valence-electron chi connectivity index (χ1n) is 9.78. The van der Waals surface area contributed by atoms with Crippen LogP contribution in [0.3, 0.4) is 0 Å². The number of nitrogens with zero attached hydrogens (tertiary/aromatic N) is 3. The first kappa shape index (κ1) is 24.6. The maximum Gasteiger partial charge on any atom is 0.257 e. The molecule has 2 heterocycles. The van der Waals surface area contributed by atoms with Crippen LogP contribution < -0.4 is 14.8 Å². The lowest BCUT2D eigenvalue weighted by molar-refractivity contribution is 0.0882. The Morgan fingerprint density at radius 1 is 1.18 bits per heavy atom. The maximum atomic E-state index is 12.7. The fraction of sp³-hybridized carbons (Fsp3) is 0.286. The van der Waals surface area contributed by atoms with Crippen molar-refractivity contribution in [1.82, 2.24) is 14.3 Å². The van der Waals surface area contributed by atoms with Crippen LogP contribution in [0, 0.1) is 0 Å². The van der Waals surface area contributed by atoms with E-state index in [4.69, 9.17) is 14.2 Å². The molecule has 1 amide bonds. The molecule has 0 saturated heterocycles. The average molecular weight is 493 g/mol. The Morgan fingerprint density at radius 2 is 1.88 bits per heavy atom. The Bertz CT molecular complexity index is 1180. The van der Waals surface area contributed by atoms with Gasteiger partial charge in [-0.2, -0.15) is 4.98 Å². The summed E-state index contributed by atoms with van der Waals surface area (Å²) >= 11 is 1.29. The average Bonchev–Trinajstić information content (AvgIpc) is 3.27. The molecule has 3 aromatic rings. The third-order valence-corrected chi connectivity index (χ3v) is 6.76. The highest BCUT2D eigenvalue weighted by atomic mass is 32.2. The van der Waals surface area contributed by atoms with Crippen molar-refractivity contribution in [3.63, 3.8) is 0 Å². The Kier molecular flexibility index (Phi) is 7.97. The normalized spacial score (nSPS) is 12.4. The second-order valence-electron chi connectivity index (χ2n) is 7.07. The van der Waals surface area contributed by atoms with E-state index in [1.54, 1.807) is 25.6 Å². The van der Waals surface area contributed by atoms with Crippen LogP contribution in [0.15, 0.2) is 52.9 Å². The number of anilines is 1. The van der Waals surface area contributed by atoms with Gasteiger partial charge in [-0.3, -0.25) is 10.1 Å². The molecule has 0 aliphatic rings. The van der Waals surface area contributed by atoms with Crippen LogP contribution in [0.1, 0.15) is 17.3 Å².